The zero-order chi connectivity index (χ0) is 23.4. The molecule has 11 heteroatoms. The van der Waals surface area contributed by atoms with E-state index in [2.05, 4.69) is 15.4 Å². The van der Waals surface area contributed by atoms with E-state index in [1.165, 1.54) is 42.8 Å². The molecule has 33 heavy (non-hydrogen) atoms. The molecule has 170 valence electrons. The van der Waals surface area contributed by atoms with E-state index in [0.717, 1.165) is 10.2 Å². The van der Waals surface area contributed by atoms with Gasteiger partial charge in [-0.05, 0) is 29.8 Å². The fraction of sp³-hybridized carbons (Fsp3) is 0.182. The zero-order valence-electron chi connectivity index (χ0n) is 17.8. The normalized spacial score (nSPS) is 10.9. The number of nitrogens with zero attached hydrogens (tertiary/aromatic N) is 4. The molecule has 0 aliphatic carbocycles. The van der Waals surface area contributed by atoms with Crippen molar-refractivity contribution in [1.29, 1.82) is 0 Å². The molecule has 0 bridgehead atoms. The van der Waals surface area contributed by atoms with Gasteiger partial charge < -0.3 is 14.8 Å². The van der Waals surface area contributed by atoms with Gasteiger partial charge in [0.1, 0.15) is 23.1 Å². The van der Waals surface area contributed by atoms with Crippen LogP contribution in [0.5, 0.6) is 11.5 Å². The monoisotopic (exact) mass is 485 g/mol. The number of benzene rings is 2. The van der Waals surface area contributed by atoms with Crippen LogP contribution in [0.25, 0.3) is 5.65 Å². The van der Waals surface area contributed by atoms with E-state index in [9.17, 15) is 9.59 Å². The summed E-state index contributed by atoms with van der Waals surface area (Å²) < 4.78 is 12.9. The second kappa shape index (κ2) is 9.97. The number of carbonyl (C=O) groups excluding carboxylic acids is 1. The predicted molar refractivity (Wildman–Crippen MR) is 126 cm³/mol. The van der Waals surface area contributed by atoms with Gasteiger partial charge >= 0.3 is 5.69 Å². The highest BCUT2D eigenvalue weighted by Gasteiger charge is 2.16. The first-order chi connectivity index (χ1) is 16.0. The lowest BCUT2D eigenvalue weighted by molar-refractivity contribution is -0.117. The van der Waals surface area contributed by atoms with E-state index in [0.29, 0.717) is 38.6 Å². The van der Waals surface area contributed by atoms with Crippen molar-refractivity contribution >= 4 is 40.6 Å². The van der Waals surface area contributed by atoms with Gasteiger partial charge in [-0.2, -0.15) is 0 Å². The molecule has 0 spiro atoms. The summed E-state index contributed by atoms with van der Waals surface area (Å²) in [5, 5.41) is 8.33. The summed E-state index contributed by atoms with van der Waals surface area (Å²) in [7, 11) is 3.03. The van der Waals surface area contributed by atoms with Crippen LogP contribution in [-0.2, 0) is 17.1 Å². The second-order valence-corrected chi connectivity index (χ2v) is 8.30. The molecule has 9 nitrogen and oxygen atoms in total. The maximum Gasteiger partial charge on any atom is 0.350 e. The molecule has 0 fully saturated rings. The number of ether oxygens (including phenoxy) is 2. The maximum absolute atomic E-state index is 12.8. The van der Waals surface area contributed by atoms with E-state index < -0.39 is 11.6 Å². The number of methoxy groups -OCH3 is 2. The first kappa shape index (κ1) is 22.7. The third-order valence-corrected chi connectivity index (χ3v) is 6.02. The summed E-state index contributed by atoms with van der Waals surface area (Å²) in [6, 6.07) is 12.5. The molecule has 4 aromatic rings. The van der Waals surface area contributed by atoms with Crippen LogP contribution in [0.15, 0.2) is 64.7 Å². The van der Waals surface area contributed by atoms with Crippen molar-refractivity contribution in [3.63, 3.8) is 0 Å². The number of aromatic nitrogens is 4. The quantitative estimate of drug-likeness (QED) is 0.381. The smallest absolute Gasteiger partial charge is 0.350 e. The summed E-state index contributed by atoms with van der Waals surface area (Å²) in [4.78, 5) is 29.8. The average molecular weight is 486 g/mol. The molecule has 2 aromatic carbocycles. The highest BCUT2D eigenvalue weighted by atomic mass is 35.5. The van der Waals surface area contributed by atoms with E-state index >= 15 is 0 Å². The number of carbonyl (C=O) groups is 1. The van der Waals surface area contributed by atoms with Gasteiger partial charge in [0.15, 0.2) is 5.65 Å². The molecule has 0 radical (unpaired) electrons. The predicted octanol–water partition coefficient (Wildman–Crippen LogP) is 3.49. The Morgan fingerprint density at radius 2 is 1.94 bits per heavy atom. The number of nitrogens with one attached hydrogen (secondary N) is 1. The molecular formula is C22H20ClN5O4S. The van der Waals surface area contributed by atoms with Crippen molar-refractivity contribution in [3.8, 4) is 11.5 Å². The molecule has 0 atom stereocenters. The van der Waals surface area contributed by atoms with Gasteiger partial charge in [0.05, 0.1) is 19.9 Å². The largest absolute Gasteiger partial charge is 0.497 e. The van der Waals surface area contributed by atoms with E-state index in [1.807, 2.05) is 24.3 Å². The fourth-order valence-corrected chi connectivity index (χ4v) is 4.13. The van der Waals surface area contributed by atoms with Crippen LogP contribution in [0.2, 0.25) is 5.02 Å². The van der Waals surface area contributed by atoms with Gasteiger partial charge in [0.2, 0.25) is 5.91 Å². The number of rotatable bonds is 8. The minimum absolute atomic E-state index is 0.276. The lowest BCUT2D eigenvalue weighted by atomic mass is 10.2. The van der Waals surface area contributed by atoms with Crippen LogP contribution in [0.1, 0.15) is 5.56 Å². The van der Waals surface area contributed by atoms with Crippen molar-refractivity contribution < 1.29 is 14.3 Å². The molecular weight excluding hydrogens is 466 g/mol. The number of halogens is 1. The molecule has 1 amide bonds. The minimum Gasteiger partial charge on any atom is -0.497 e. The Morgan fingerprint density at radius 1 is 1.15 bits per heavy atom. The molecule has 2 aromatic heterocycles. The van der Waals surface area contributed by atoms with E-state index in [-0.39, 0.29) is 6.54 Å². The van der Waals surface area contributed by atoms with Gasteiger partial charge in [-0.15, -0.1) is 5.10 Å². The molecule has 0 aliphatic heterocycles. The third-order valence-electron chi connectivity index (χ3n) is 4.73. The van der Waals surface area contributed by atoms with Crippen LogP contribution >= 0.6 is 23.4 Å². The van der Waals surface area contributed by atoms with Gasteiger partial charge in [-0.1, -0.05) is 35.5 Å². The van der Waals surface area contributed by atoms with Crippen molar-refractivity contribution in [3.05, 3.63) is 75.9 Å². The van der Waals surface area contributed by atoms with Crippen LogP contribution in [0.3, 0.4) is 0 Å². The number of hydrogen-bond acceptors (Lipinski definition) is 7. The van der Waals surface area contributed by atoms with E-state index in [1.54, 1.807) is 18.2 Å². The zero-order valence-corrected chi connectivity index (χ0v) is 19.4. The van der Waals surface area contributed by atoms with Crippen molar-refractivity contribution in [2.24, 2.45) is 0 Å². The molecule has 2 heterocycles. The van der Waals surface area contributed by atoms with Gasteiger partial charge in [0, 0.05) is 29.2 Å². The summed E-state index contributed by atoms with van der Waals surface area (Å²) in [6.07, 6.45) is 3.06. The lowest BCUT2D eigenvalue weighted by Crippen LogP contribution is -2.28. The number of thioether (sulfide) groups is 1. The van der Waals surface area contributed by atoms with Crippen LogP contribution in [-0.4, -0.2) is 39.3 Å². The summed E-state index contributed by atoms with van der Waals surface area (Å²) in [6.45, 7) is -0.276. The SMILES string of the molecule is COc1ccc(OC)c(NC(=O)Cn2nc3c(SCc4ccc(Cl)cc4)nccn3c2=O)c1. The maximum atomic E-state index is 12.8. The number of amides is 1. The Bertz CT molecular complexity index is 1350. The molecule has 0 aliphatic rings. The van der Waals surface area contributed by atoms with Crippen molar-refractivity contribution in [2.75, 3.05) is 19.5 Å². The molecule has 0 saturated heterocycles. The Morgan fingerprint density at radius 3 is 2.67 bits per heavy atom. The Hall–Kier alpha value is -3.50. The molecule has 0 saturated carbocycles. The summed E-state index contributed by atoms with van der Waals surface area (Å²) >= 11 is 7.38. The van der Waals surface area contributed by atoms with Crippen LogP contribution in [0, 0.1) is 0 Å². The van der Waals surface area contributed by atoms with Gasteiger partial charge in [-0.25, -0.2) is 18.9 Å². The Balaban J connectivity index is 1.53. The average Bonchev–Trinajstić information content (AvgIpc) is 3.14. The van der Waals surface area contributed by atoms with Crippen molar-refractivity contribution in [1.82, 2.24) is 19.2 Å². The standard InChI is InChI=1S/C22H20ClN5O4S/c1-31-16-7-8-18(32-2)17(11-16)25-19(29)12-28-22(30)27-10-9-24-21(20(27)26-28)33-13-14-3-5-15(23)6-4-14/h3-11H,12-13H2,1-2H3,(H,25,29). The van der Waals surface area contributed by atoms with Gasteiger partial charge in [-0.3, -0.25) is 4.79 Å². The Labute approximate surface area is 198 Å². The molecule has 0 unspecified atom stereocenters. The van der Waals surface area contributed by atoms with Gasteiger partial charge in [0.25, 0.3) is 0 Å². The first-order valence-electron chi connectivity index (χ1n) is 9.82. The van der Waals surface area contributed by atoms with Crippen LogP contribution in [0.4, 0.5) is 5.69 Å². The number of hydrogen-bond donors (Lipinski definition) is 1. The fourth-order valence-electron chi connectivity index (χ4n) is 3.10. The first-order valence-corrected chi connectivity index (χ1v) is 11.2. The number of anilines is 1. The van der Waals surface area contributed by atoms with E-state index in [4.69, 9.17) is 21.1 Å². The molecule has 4 rings (SSSR count). The van der Waals surface area contributed by atoms with Crippen molar-refractivity contribution in [2.45, 2.75) is 17.3 Å². The topological polar surface area (TPSA) is 99.8 Å². The second-order valence-electron chi connectivity index (χ2n) is 6.90. The highest BCUT2D eigenvalue weighted by molar-refractivity contribution is 7.98. The summed E-state index contributed by atoms with van der Waals surface area (Å²) in [5.74, 6) is 1.22. The highest BCUT2D eigenvalue weighted by Crippen LogP contribution is 2.29. The molecule has 1 N–H and O–H groups in total. The minimum atomic E-state index is -0.437. The number of fused-ring (bicyclic) bond motifs is 1. The Kier molecular flexibility index (Phi) is 6.85. The lowest BCUT2D eigenvalue weighted by Gasteiger charge is -2.11. The summed E-state index contributed by atoms with van der Waals surface area (Å²) in [5.41, 5.74) is 1.43. The van der Waals surface area contributed by atoms with Crippen LogP contribution < -0.4 is 20.5 Å². The third kappa shape index (κ3) is 5.12.